The van der Waals surface area contributed by atoms with Gasteiger partial charge in [0.15, 0.2) is 0 Å². The SMILES string of the molecule is CC(C)C(=O)Nc1cccc(C2CCN(CCC(Oc3ccc(C(=O)O)cc3)c3ccc(Br)cc3)CC2)c1. The lowest BCUT2D eigenvalue weighted by molar-refractivity contribution is -0.118. The molecule has 0 saturated carbocycles. The van der Waals surface area contributed by atoms with E-state index in [0.29, 0.717) is 11.7 Å². The second-order valence-electron chi connectivity index (χ2n) is 10.2. The van der Waals surface area contributed by atoms with Gasteiger partial charge in [-0.1, -0.05) is 54.0 Å². The summed E-state index contributed by atoms with van der Waals surface area (Å²) < 4.78 is 7.36. The van der Waals surface area contributed by atoms with Gasteiger partial charge in [0.2, 0.25) is 5.91 Å². The van der Waals surface area contributed by atoms with Gasteiger partial charge in [0, 0.05) is 29.0 Å². The molecule has 0 aromatic heterocycles. The quantitative estimate of drug-likeness (QED) is 0.267. The van der Waals surface area contributed by atoms with Crippen molar-refractivity contribution in [2.24, 2.45) is 5.92 Å². The van der Waals surface area contributed by atoms with Crippen molar-refractivity contribution in [3.05, 3.63) is 94.0 Å². The number of carbonyl (C=O) groups excluding carboxylic acids is 1. The van der Waals surface area contributed by atoms with Crippen molar-refractivity contribution < 1.29 is 19.4 Å². The molecule has 2 N–H and O–H groups in total. The summed E-state index contributed by atoms with van der Waals surface area (Å²) >= 11 is 3.51. The van der Waals surface area contributed by atoms with Crippen molar-refractivity contribution in [3.63, 3.8) is 0 Å². The molecule has 7 heteroatoms. The lowest BCUT2D eigenvalue weighted by Gasteiger charge is -2.33. The Kier molecular flexibility index (Phi) is 9.58. The Morgan fingerprint density at radius 2 is 1.71 bits per heavy atom. The third-order valence-electron chi connectivity index (χ3n) is 7.07. The first-order chi connectivity index (χ1) is 18.3. The average Bonchev–Trinajstić information content (AvgIpc) is 2.92. The average molecular weight is 580 g/mol. The predicted octanol–water partition coefficient (Wildman–Crippen LogP) is 7.13. The third kappa shape index (κ3) is 7.68. The molecule has 3 aromatic rings. The molecule has 1 heterocycles. The van der Waals surface area contributed by atoms with Gasteiger partial charge >= 0.3 is 5.97 Å². The topological polar surface area (TPSA) is 78.9 Å². The molecule has 0 bridgehead atoms. The van der Waals surface area contributed by atoms with E-state index in [1.54, 1.807) is 24.3 Å². The maximum Gasteiger partial charge on any atom is 0.335 e. The number of hydrogen-bond donors (Lipinski definition) is 2. The Morgan fingerprint density at radius 3 is 2.34 bits per heavy atom. The van der Waals surface area contributed by atoms with Crippen LogP contribution in [0.2, 0.25) is 0 Å². The first-order valence-electron chi connectivity index (χ1n) is 13.2. The molecule has 1 unspecified atom stereocenters. The van der Waals surface area contributed by atoms with E-state index in [0.717, 1.165) is 54.6 Å². The number of carbonyl (C=O) groups is 2. The van der Waals surface area contributed by atoms with Gasteiger partial charge in [-0.3, -0.25) is 4.79 Å². The molecule has 1 amide bonds. The molecule has 1 saturated heterocycles. The minimum atomic E-state index is -0.948. The van der Waals surface area contributed by atoms with Crippen LogP contribution in [0.15, 0.2) is 77.3 Å². The number of hydrogen-bond acceptors (Lipinski definition) is 4. The van der Waals surface area contributed by atoms with Crippen molar-refractivity contribution >= 4 is 33.5 Å². The van der Waals surface area contributed by atoms with E-state index in [1.807, 2.05) is 38.1 Å². The van der Waals surface area contributed by atoms with Gasteiger partial charge in [0.1, 0.15) is 11.9 Å². The van der Waals surface area contributed by atoms with Gasteiger partial charge in [-0.05, 0) is 91.5 Å². The normalized spacial score (nSPS) is 15.3. The Balaban J connectivity index is 1.35. The maximum atomic E-state index is 12.1. The fourth-order valence-electron chi connectivity index (χ4n) is 4.76. The van der Waals surface area contributed by atoms with Crippen LogP contribution in [-0.2, 0) is 4.79 Å². The van der Waals surface area contributed by atoms with Crippen LogP contribution in [0.5, 0.6) is 5.75 Å². The summed E-state index contributed by atoms with van der Waals surface area (Å²) in [6.07, 6.45) is 2.83. The Bertz CT molecular complexity index is 1220. The summed E-state index contributed by atoms with van der Waals surface area (Å²) in [7, 11) is 0. The fourth-order valence-corrected chi connectivity index (χ4v) is 5.02. The van der Waals surface area contributed by atoms with Crippen molar-refractivity contribution in [1.82, 2.24) is 4.90 Å². The minimum Gasteiger partial charge on any atom is -0.486 e. The number of halogens is 1. The van der Waals surface area contributed by atoms with E-state index < -0.39 is 5.97 Å². The van der Waals surface area contributed by atoms with E-state index in [1.165, 1.54) is 5.56 Å². The zero-order valence-corrected chi connectivity index (χ0v) is 23.5. The van der Waals surface area contributed by atoms with Gasteiger partial charge in [0.25, 0.3) is 0 Å². The molecule has 6 nitrogen and oxygen atoms in total. The van der Waals surface area contributed by atoms with Crippen LogP contribution >= 0.6 is 15.9 Å². The number of carboxylic acids is 1. The second kappa shape index (κ2) is 13.1. The van der Waals surface area contributed by atoms with E-state index in [2.05, 4.69) is 50.4 Å². The maximum absolute atomic E-state index is 12.1. The molecule has 0 aliphatic carbocycles. The summed E-state index contributed by atoms with van der Waals surface area (Å²) in [4.78, 5) is 25.8. The predicted molar refractivity (Wildman–Crippen MR) is 154 cm³/mol. The highest BCUT2D eigenvalue weighted by molar-refractivity contribution is 9.10. The number of piperidine rings is 1. The number of nitrogens with one attached hydrogen (secondary N) is 1. The lowest BCUT2D eigenvalue weighted by atomic mass is 9.89. The zero-order valence-electron chi connectivity index (χ0n) is 21.9. The van der Waals surface area contributed by atoms with Crippen molar-refractivity contribution in [1.29, 1.82) is 0 Å². The summed E-state index contributed by atoms with van der Waals surface area (Å²) in [6, 6.07) is 23.0. The number of amides is 1. The van der Waals surface area contributed by atoms with Crippen LogP contribution in [-0.4, -0.2) is 41.5 Å². The van der Waals surface area contributed by atoms with Crippen molar-refractivity contribution in [2.75, 3.05) is 25.0 Å². The van der Waals surface area contributed by atoms with Crippen LogP contribution in [0, 0.1) is 5.92 Å². The number of benzene rings is 3. The van der Waals surface area contributed by atoms with Crippen LogP contribution in [0.1, 0.15) is 66.6 Å². The zero-order chi connectivity index (χ0) is 27.1. The molecule has 1 fully saturated rings. The fraction of sp³-hybridized carbons (Fsp3) is 0.355. The van der Waals surface area contributed by atoms with Gasteiger partial charge in [-0.15, -0.1) is 0 Å². The van der Waals surface area contributed by atoms with Crippen LogP contribution < -0.4 is 10.1 Å². The van der Waals surface area contributed by atoms with Gasteiger partial charge in [-0.25, -0.2) is 4.79 Å². The molecule has 1 atom stereocenters. The number of carboxylic acid groups (broad SMARTS) is 1. The monoisotopic (exact) mass is 578 g/mol. The number of likely N-dealkylation sites (tertiary alicyclic amines) is 1. The molecular formula is C31H35BrN2O4. The van der Waals surface area contributed by atoms with Gasteiger partial charge < -0.3 is 20.1 Å². The van der Waals surface area contributed by atoms with E-state index in [-0.39, 0.29) is 23.5 Å². The molecule has 3 aromatic carbocycles. The highest BCUT2D eigenvalue weighted by Crippen LogP contribution is 2.31. The summed E-state index contributed by atoms with van der Waals surface area (Å²) in [5, 5.41) is 12.2. The van der Waals surface area contributed by atoms with Crippen molar-refractivity contribution in [3.8, 4) is 5.75 Å². The van der Waals surface area contributed by atoms with E-state index in [4.69, 9.17) is 4.74 Å². The lowest BCUT2D eigenvalue weighted by Crippen LogP contribution is -2.34. The van der Waals surface area contributed by atoms with Crippen LogP contribution in [0.4, 0.5) is 5.69 Å². The summed E-state index contributed by atoms with van der Waals surface area (Å²) in [6.45, 7) is 6.72. The number of aromatic carboxylic acids is 1. The van der Waals surface area contributed by atoms with Crippen LogP contribution in [0.3, 0.4) is 0 Å². The Morgan fingerprint density at radius 1 is 1.03 bits per heavy atom. The second-order valence-corrected chi connectivity index (χ2v) is 11.1. The first-order valence-corrected chi connectivity index (χ1v) is 14.0. The number of anilines is 1. The first kappa shape index (κ1) is 27.9. The highest BCUT2D eigenvalue weighted by Gasteiger charge is 2.23. The van der Waals surface area contributed by atoms with Crippen LogP contribution in [0.25, 0.3) is 0 Å². The summed E-state index contributed by atoms with van der Waals surface area (Å²) in [5.74, 6) is 0.185. The molecule has 1 aliphatic rings. The molecular weight excluding hydrogens is 544 g/mol. The number of rotatable bonds is 10. The Hall–Kier alpha value is -3.16. The standard InChI is InChI=1S/C31H35BrN2O4/c1-21(2)30(35)33-27-5-3-4-25(20-27)22-14-17-34(18-15-22)19-16-29(23-6-10-26(32)11-7-23)38-28-12-8-24(9-13-28)31(36)37/h3-13,20-22,29H,14-19H2,1-2H3,(H,33,35)(H,36,37). The molecule has 0 spiro atoms. The number of ether oxygens (including phenoxy) is 1. The summed E-state index contributed by atoms with van der Waals surface area (Å²) in [5.41, 5.74) is 3.49. The van der Waals surface area contributed by atoms with E-state index in [9.17, 15) is 14.7 Å². The van der Waals surface area contributed by atoms with Crippen molar-refractivity contribution in [2.45, 2.75) is 45.1 Å². The smallest absolute Gasteiger partial charge is 0.335 e. The largest absolute Gasteiger partial charge is 0.486 e. The molecule has 4 rings (SSSR count). The van der Waals surface area contributed by atoms with Gasteiger partial charge in [-0.2, -0.15) is 0 Å². The molecule has 38 heavy (non-hydrogen) atoms. The number of nitrogens with zero attached hydrogens (tertiary/aromatic N) is 1. The minimum absolute atomic E-state index is 0.0392. The van der Waals surface area contributed by atoms with E-state index >= 15 is 0 Å². The third-order valence-corrected chi connectivity index (χ3v) is 7.60. The molecule has 0 radical (unpaired) electrons. The molecule has 1 aliphatic heterocycles. The Labute approximate surface area is 233 Å². The van der Waals surface area contributed by atoms with Gasteiger partial charge in [0.05, 0.1) is 5.56 Å². The highest BCUT2D eigenvalue weighted by atomic mass is 79.9. The molecule has 200 valence electrons.